The zero-order valence-electron chi connectivity index (χ0n) is 39.2. The molecule has 0 heterocycles. The van der Waals surface area contributed by atoms with E-state index < -0.39 is 6.10 Å². The first kappa shape index (κ1) is 56.9. The second kappa shape index (κ2) is 48.5. The molecule has 0 rings (SSSR count). The van der Waals surface area contributed by atoms with Crippen LogP contribution in [0, 0.1) is 0 Å². The second-order valence-electron chi connectivity index (χ2n) is 16.3. The zero-order chi connectivity index (χ0) is 43.7. The van der Waals surface area contributed by atoms with Gasteiger partial charge in [0.1, 0.15) is 13.2 Å². The Balaban J connectivity index is 4.23. The lowest BCUT2D eigenvalue weighted by Crippen LogP contribution is -2.30. The number of allylic oxidation sites excluding steroid dienone is 12. The molecular formula is C54H92O6. The van der Waals surface area contributed by atoms with Gasteiger partial charge in [0.15, 0.2) is 6.10 Å². The van der Waals surface area contributed by atoms with Gasteiger partial charge in [-0.2, -0.15) is 0 Å². The van der Waals surface area contributed by atoms with E-state index in [1.54, 1.807) is 0 Å². The van der Waals surface area contributed by atoms with Gasteiger partial charge in [0.2, 0.25) is 0 Å². The van der Waals surface area contributed by atoms with Gasteiger partial charge in [-0.1, -0.05) is 196 Å². The largest absolute Gasteiger partial charge is 0.462 e. The maximum Gasteiger partial charge on any atom is 0.306 e. The van der Waals surface area contributed by atoms with Crippen LogP contribution in [-0.4, -0.2) is 37.2 Å². The van der Waals surface area contributed by atoms with Gasteiger partial charge in [0.05, 0.1) is 0 Å². The van der Waals surface area contributed by atoms with Crippen molar-refractivity contribution < 1.29 is 28.6 Å². The van der Waals surface area contributed by atoms with Crippen molar-refractivity contribution in [1.82, 2.24) is 0 Å². The number of esters is 3. The van der Waals surface area contributed by atoms with Gasteiger partial charge < -0.3 is 14.2 Å². The first-order chi connectivity index (χ1) is 29.5. The molecule has 0 aliphatic heterocycles. The molecule has 60 heavy (non-hydrogen) atoms. The lowest BCUT2D eigenvalue weighted by molar-refractivity contribution is -0.167. The average molecular weight is 837 g/mol. The Bertz CT molecular complexity index is 1140. The van der Waals surface area contributed by atoms with Crippen LogP contribution >= 0.6 is 0 Å². The molecule has 6 nitrogen and oxygen atoms in total. The van der Waals surface area contributed by atoms with Crippen LogP contribution in [0.2, 0.25) is 0 Å². The normalized spacial score (nSPS) is 12.7. The van der Waals surface area contributed by atoms with Crippen LogP contribution in [0.5, 0.6) is 0 Å². The maximum absolute atomic E-state index is 12.7. The number of hydrogen-bond acceptors (Lipinski definition) is 6. The van der Waals surface area contributed by atoms with Crippen LogP contribution in [0.4, 0.5) is 0 Å². The fourth-order valence-corrected chi connectivity index (χ4v) is 6.70. The van der Waals surface area contributed by atoms with E-state index in [0.717, 1.165) is 128 Å². The molecular weight excluding hydrogens is 745 g/mol. The summed E-state index contributed by atoms with van der Waals surface area (Å²) >= 11 is 0. The van der Waals surface area contributed by atoms with E-state index in [9.17, 15) is 14.4 Å². The number of hydrogen-bond donors (Lipinski definition) is 0. The minimum atomic E-state index is -0.783. The van der Waals surface area contributed by atoms with Crippen molar-refractivity contribution >= 4 is 17.9 Å². The summed E-state index contributed by atoms with van der Waals surface area (Å²) in [6.07, 6.45) is 60.6. The predicted octanol–water partition coefficient (Wildman–Crippen LogP) is 16.3. The lowest BCUT2D eigenvalue weighted by Gasteiger charge is -2.18. The van der Waals surface area contributed by atoms with Crippen molar-refractivity contribution in [1.29, 1.82) is 0 Å². The van der Waals surface area contributed by atoms with Crippen molar-refractivity contribution in [2.75, 3.05) is 13.2 Å². The Morgan fingerprint density at radius 2 is 0.650 bits per heavy atom. The van der Waals surface area contributed by atoms with Crippen LogP contribution in [0.25, 0.3) is 0 Å². The quantitative estimate of drug-likeness (QED) is 0.0263. The molecule has 0 aromatic rings. The summed E-state index contributed by atoms with van der Waals surface area (Å²) in [5.41, 5.74) is 0. The average Bonchev–Trinajstić information content (AvgIpc) is 3.24. The summed E-state index contributed by atoms with van der Waals surface area (Å²) < 4.78 is 16.6. The molecule has 6 heteroatoms. The minimum absolute atomic E-state index is 0.0861. The first-order valence-corrected chi connectivity index (χ1v) is 24.9. The smallest absolute Gasteiger partial charge is 0.306 e. The van der Waals surface area contributed by atoms with Crippen LogP contribution < -0.4 is 0 Å². The van der Waals surface area contributed by atoms with Crippen molar-refractivity contribution in [2.45, 2.75) is 239 Å². The molecule has 0 aromatic carbocycles. The molecule has 0 saturated carbocycles. The highest BCUT2D eigenvalue weighted by Gasteiger charge is 2.19. The molecule has 0 aromatic heterocycles. The summed E-state index contributed by atoms with van der Waals surface area (Å²) in [5.74, 6) is -0.929. The van der Waals surface area contributed by atoms with Crippen molar-refractivity contribution in [3.05, 3.63) is 72.9 Å². The fraction of sp³-hybridized carbons (Fsp3) is 0.722. The van der Waals surface area contributed by atoms with Crippen molar-refractivity contribution in [3.63, 3.8) is 0 Å². The predicted molar refractivity (Wildman–Crippen MR) is 256 cm³/mol. The third-order valence-electron chi connectivity index (χ3n) is 10.4. The molecule has 0 N–H and O–H groups in total. The summed E-state index contributed by atoms with van der Waals surface area (Å²) in [5, 5.41) is 0. The molecule has 344 valence electrons. The Morgan fingerprint density at radius 1 is 0.350 bits per heavy atom. The molecule has 0 radical (unpaired) electrons. The third kappa shape index (κ3) is 45.9. The van der Waals surface area contributed by atoms with E-state index in [1.807, 2.05) is 0 Å². The van der Waals surface area contributed by atoms with Gasteiger partial charge in [-0.15, -0.1) is 0 Å². The highest BCUT2D eigenvalue weighted by Crippen LogP contribution is 2.13. The van der Waals surface area contributed by atoms with Gasteiger partial charge in [-0.25, -0.2) is 0 Å². The van der Waals surface area contributed by atoms with Gasteiger partial charge in [-0.3, -0.25) is 14.4 Å². The second-order valence-corrected chi connectivity index (χ2v) is 16.3. The standard InChI is InChI=1S/C54H92O6/c1-4-7-10-13-15-17-19-21-23-25-26-27-28-29-31-32-34-36-38-41-44-47-53(56)59-50-51(49-58-52(55)46-43-40-12-9-6-3)60-54(57)48-45-42-39-37-35-33-30-24-22-20-18-16-14-11-8-5-2/h7,10,15,17,21,23-24,26-27,29-31,51H,4-6,8-9,11-14,16,18-20,22,25,28,32-50H2,1-3H3/b10-7-,17-15-,23-21-,27-26-,30-24-,31-29-. The Hall–Kier alpha value is -3.15. The monoisotopic (exact) mass is 837 g/mol. The van der Waals surface area contributed by atoms with Crippen LogP contribution in [-0.2, 0) is 28.6 Å². The Morgan fingerprint density at radius 3 is 1.03 bits per heavy atom. The van der Waals surface area contributed by atoms with Crippen molar-refractivity contribution in [3.8, 4) is 0 Å². The molecule has 0 spiro atoms. The molecule has 0 aliphatic carbocycles. The third-order valence-corrected chi connectivity index (χ3v) is 10.4. The molecule has 0 bridgehead atoms. The number of ether oxygens (including phenoxy) is 3. The summed E-state index contributed by atoms with van der Waals surface area (Å²) in [6.45, 7) is 6.41. The molecule has 0 amide bonds. The number of carbonyl (C=O) groups excluding carboxylic acids is 3. The fourth-order valence-electron chi connectivity index (χ4n) is 6.70. The zero-order valence-corrected chi connectivity index (χ0v) is 39.2. The lowest BCUT2D eigenvalue weighted by atomic mass is 10.1. The summed E-state index contributed by atoms with van der Waals surface area (Å²) in [4.78, 5) is 37.6. The SMILES string of the molecule is CC/C=C\C/C=C\C/C=C\C/C=C\C/C=C\CCCCCCCC(=O)OCC(COC(=O)CCCCCCC)OC(=O)CCCCCCC/C=C\CCCCCCCCC. The Kier molecular flexibility index (Phi) is 46.0. The number of unbranched alkanes of at least 4 members (excludes halogenated alkanes) is 21. The highest BCUT2D eigenvalue weighted by molar-refractivity contribution is 5.71. The van der Waals surface area contributed by atoms with Gasteiger partial charge in [-0.05, 0) is 89.9 Å². The molecule has 1 unspecified atom stereocenters. The molecule has 0 saturated heterocycles. The molecule has 0 aliphatic rings. The van der Waals surface area contributed by atoms with E-state index >= 15 is 0 Å². The molecule has 0 fully saturated rings. The first-order valence-electron chi connectivity index (χ1n) is 24.9. The highest BCUT2D eigenvalue weighted by atomic mass is 16.6. The molecule has 1 atom stereocenters. The topological polar surface area (TPSA) is 78.9 Å². The number of carbonyl (C=O) groups is 3. The van der Waals surface area contributed by atoms with Crippen LogP contribution in [0.15, 0.2) is 72.9 Å². The maximum atomic E-state index is 12.7. The number of rotatable bonds is 44. The van der Waals surface area contributed by atoms with E-state index in [2.05, 4.69) is 93.7 Å². The van der Waals surface area contributed by atoms with E-state index in [1.165, 1.54) is 64.2 Å². The van der Waals surface area contributed by atoms with Gasteiger partial charge >= 0.3 is 17.9 Å². The summed E-state index contributed by atoms with van der Waals surface area (Å²) in [6, 6.07) is 0. The van der Waals surface area contributed by atoms with Crippen LogP contribution in [0.1, 0.15) is 233 Å². The minimum Gasteiger partial charge on any atom is -0.462 e. The van der Waals surface area contributed by atoms with Crippen LogP contribution in [0.3, 0.4) is 0 Å². The summed E-state index contributed by atoms with van der Waals surface area (Å²) in [7, 11) is 0. The Labute approximate surface area is 370 Å². The van der Waals surface area contributed by atoms with E-state index in [4.69, 9.17) is 14.2 Å². The van der Waals surface area contributed by atoms with Crippen molar-refractivity contribution in [2.24, 2.45) is 0 Å². The van der Waals surface area contributed by atoms with Gasteiger partial charge in [0, 0.05) is 19.3 Å². The van der Waals surface area contributed by atoms with E-state index in [0.29, 0.717) is 19.3 Å². The van der Waals surface area contributed by atoms with E-state index in [-0.39, 0.29) is 31.1 Å². The van der Waals surface area contributed by atoms with Gasteiger partial charge in [0.25, 0.3) is 0 Å².